The number of rotatable bonds is 7. The van der Waals surface area contributed by atoms with E-state index in [1.165, 1.54) is 5.56 Å². The highest BCUT2D eigenvalue weighted by atomic mass is 32.2. The maximum atomic E-state index is 12.4. The zero-order valence-corrected chi connectivity index (χ0v) is 16.7. The molecule has 0 saturated carbocycles. The molecule has 3 aromatic rings. The van der Waals surface area contributed by atoms with Crippen LogP contribution >= 0.6 is 11.8 Å². The predicted molar refractivity (Wildman–Crippen MR) is 112 cm³/mol. The van der Waals surface area contributed by atoms with Gasteiger partial charge in [0.05, 0.1) is 11.1 Å². The first-order valence-corrected chi connectivity index (χ1v) is 10.0. The van der Waals surface area contributed by atoms with Gasteiger partial charge in [0.2, 0.25) is 0 Å². The van der Waals surface area contributed by atoms with Gasteiger partial charge in [0.25, 0.3) is 5.91 Å². The van der Waals surface area contributed by atoms with E-state index in [0.717, 1.165) is 21.9 Å². The minimum atomic E-state index is -0.522. The first-order valence-electron chi connectivity index (χ1n) is 9.02. The molecule has 6 heteroatoms. The third kappa shape index (κ3) is 5.33. The van der Waals surface area contributed by atoms with Crippen molar-refractivity contribution in [2.45, 2.75) is 18.7 Å². The minimum absolute atomic E-state index is 0.302. The highest BCUT2D eigenvalue weighted by molar-refractivity contribution is 7.99. The van der Waals surface area contributed by atoms with Gasteiger partial charge in [-0.1, -0.05) is 35.9 Å². The van der Waals surface area contributed by atoms with Crippen LogP contribution in [-0.4, -0.2) is 35.8 Å². The number of benzene rings is 2. The highest BCUT2D eigenvalue weighted by Crippen LogP contribution is 2.19. The summed E-state index contributed by atoms with van der Waals surface area (Å²) in [5, 5.41) is 3.49. The number of aromatic nitrogens is 1. The van der Waals surface area contributed by atoms with E-state index in [1.807, 2.05) is 38.1 Å². The Morgan fingerprint density at radius 2 is 1.82 bits per heavy atom. The number of nitrogens with one attached hydrogen (secondary N) is 1. The molecule has 0 aliphatic heterocycles. The van der Waals surface area contributed by atoms with Crippen molar-refractivity contribution in [1.29, 1.82) is 0 Å². The normalized spacial score (nSPS) is 10.6. The standard InChI is InChI=1S/C22H22N2O3S/c1-15-7-9-17(10-8-15)28-12-11-23-21(25)14-27-22(26)19-13-16(2)24-20-6-4-3-5-18(19)20/h3-10,13H,11-12,14H2,1-2H3,(H,23,25). The average Bonchev–Trinajstić information content (AvgIpc) is 2.70. The van der Waals surface area contributed by atoms with Gasteiger partial charge in [0.1, 0.15) is 0 Å². The van der Waals surface area contributed by atoms with Crippen LogP contribution in [0.15, 0.2) is 59.5 Å². The number of pyridine rings is 1. The third-order valence-electron chi connectivity index (χ3n) is 4.11. The van der Waals surface area contributed by atoms with E-state index in [1.54, 1.807) is 17.8 Å². The van der Waals surface area contributed by atoms with E-state index in [4.69, 9.17) is 4.74 Å². The van der Waals surface area contributed by atoms with Crippen LogP contribution in [0.5, 0.6) is 0 Å². The smallest absolute Gasteiger partial charge is 0.339 e. The molecule has 0 saturated heterocycles. The molecule has 1 amide bonds. The van der Waals surface area contributed by atoms with Crippen LogP contribution in [-0.2, 0) is 9.53 Å². The second kappa shape index (κ2) is 9.37. The summed E-state index contributed by atoms with van der Waals surface area (Å²) >= 11 is 1.67. The predicted octanol–water partition coefficient (Wildman–Crippen LogP) is 3.92. The van der Waals surface area contributed by atoms with E-state index in [-0.39, 0.29) is 12.5 Å². The molecule has 28 heavy (non-hydrogen) atoms. The van der Waals surface area contributed by atoms with Crippen LogP contribution < -0.4 is 5.32 Å². The lowest BCUT2D eigenvalue weighted by molar-refractivity contribution is -0.124. The van der Waals surface area contributed by atoms with E-state index in [0.29, 0.717) is 17.5 Å². The molecule has 0 unspecified atom stereocenters. The van der Waals surface area contributed by atoms with Crippen LogP contribution in [0, 0.1) is 13.8 Å². The number of carbonyl (C=O) groups is 2. The van der Waals surface area contributed by atoms with Crippen LogP contribution in [0.4, 0.5) is 0 Å². The summed E-state index contributed by atoms with van der Waals surface area (Å²) in [4.78, 5) is 29.9. The molecule has 0 atom stereocenters. The van der Waals surface area contributed by atoms with Gasteiger partial charge in [-0.05, 0) is 38.1 Å². The molecule has 0 fully saturated rings. The third-order valence-corrected chi connectivity index (χ3v) is 5.13. The fraction of sp³-hybridized carbons (Fsp3) is 0.227. The summed E-state index contributed by atoms with van der Waals surface area (Å²) in [5.74, 6) is -0.0875. The van der Waals surface area contributed by atoms with Crippen molar-refractivity contribution in [2.24, 2.45) is 0 Å². The number of amides is 1. The van der Waals surface area contributed by atoms with Gasteiger partial charge in [0, 0.05) is 28.3 Å². The Kier molecular flexibility index (Phi) is 6.66. The zero-order chi connectivity index (χ0) is 19.9. The molecule has 0 spiro atoms. The van der Waals surface area contributed by atoms with Gasteiger partial charge >= 0.3 is 5.97 Å². The summed E-state index contributed by atoms with van der Waals surface area (Å²) in [6.07, 6.45) is 0. The Morgan fingerprint density at radius 1 is 1.07 bits per heavy atom. The van der Waals surface area contributed by atoms with Crippen LogP contribution in [0.1, 0.15) is 21.6 Å². The van der Waals surface area contributed by atoms with Crippen molar-refractivity contribution in [3.8, 4) is 0 Å². The monoisotopic (exact) mass is 394 g/mol. The van der Waals surface area contributed by atoms with Crippen molar-refractivity contribution >= 4 is 34.5 Å². The van der Waals surface area contributed by atoms with Gasteiger partial charge in [0.15, 0.2) is 6.61 Å². The molecule has 0 aliphatic rings. The average molecular weight is 394 g/mol. The molecular formula is C22H22N2O3S. The summed E-state index contributed by atoms with van der Waals surface area (Å²) in [6.45, 7) is 4.07. The van der Waals surface area contributed by atoms with Crippen molar-refractivity contribution in [3.63, 3.8) is 0 Å². The van der Waals surface area contributed by atoms with E-state index < -0.39 is 5.97 Å². The first kappa shape index (κ1) is 19.9. The molecule has 1 aromatic heterocycles. The summed E-state index contributed by atoms with van der Waals surface area (Å²) in [7, 11) is 0. The van der Waals surface area contributed by atoms with E-state index in [9.17, 15) is 9.59 Å². The molecular weight excluding hydrogens is 372 g/mol. The molecule has 1 N–H and O–H groups in total. The molecule has 2 aromatic carbocycles. The number of ether oxygens (including phenoxy) is 1. The zero-order valence-electron chi connectivity index (χ0n) is 15.9. The van der Waals surface area contributed by atoms with Crippen molar-refractivity contribution in [1.82, 2.24) is 10.3 Å². The quantitative estimate of drug-likeness (QED) is 0.374. The van der Waals surface area contributed by atoms with Crippen molar-refractivity contribution in [3.05, 3.63) is 71.4 Å². The number of nitrogens with zero attached hydrogens (tertiary/aromatic N) is 1. The minimum Gasteiger partial charge on any atom is -0.452 e. The number of hydrogen-bond acceptors (Lipinski definition) is 5. The number of fused-ring (bicyclic) bond motifs is 1. The summed E-state index contributed by atoms with van der Waals surface area (Å²) in [6, 6.07) is 17.3. The lowest BCUT2D eigenvalue weighted by Gasteiger charge is -2.09. The van der Waals surface area contributed by atoms with Crippen LogP contribution in [0.25, 0.3) is 10.9 Å². The number of esters is 1. The molecule has 1 heterocycles. The SMILES string of the molecule is Cc1ccc(SCCNC(=O)COC(=O)c2cc(C)nc3ccccc23)cc1. The first-order chi connectivity index (χ1) is 13.5. The number of carbonyl (C=O) groups excluding carboxylic acids is 2. The van der Waals surface area contributed by atoms with Gasteiger partial charge < -0.3 is 10.1 Å². The summed E-state index contributed by atoms with van der Waals surface area (Å²) in [5.41, 5.74) is 3.10. The molecule has 0 radical (unpaired) electrons. The molecule has 0 bridgehead atoms. The second-order valence-electron chi connectivity index (χ2n) is 6.42. The van der Waals surface area contributed by atoms with Gasteiger partial charge in [-0.15, -0.1) is 11.8 Å². The second-order valence-corrected chi connectivity index (χ2v) is 7.58. The fourth-order valence-corrected chi connectivity index (χ4v) is 3.50. The lowest BCUT2D eigenvalue weighted by Crippen LogP contribution is -2.30. The van der Waals surface area contributed by atoms with Crippen LogP contribution in [0.3, 0.4) is 0 Å². The van der Waals surface area contributed by atoms with Gasteiger partial charge in [-0.2, -0.15) is 0 Å². The van der Waals surface area contributed by atoms with Crippen molar-refractivity contribution < 1.29 is 14.3 Å². The number of thioether (sulfide) groups is 1. The molecule has 5 nitrogen and oxygen atoms in total. The highest BCUT2D eigenvalue weighted by Gasteiger charge is 2.14. The fourth-order valence-electron chi connectivity index (χ4n) is 2.73. The molecule has 144 valence electrons. The van der Waals surface area contributed by atoms with E-state index in [2.05, 4.69) is 34.6 Å². The topological polar surface area (TPSA) is 68.3 Å². The Bertz CT molecular complexity index is 987. The van der Waals surface area contributed by atoms with Crippen LogP contribution in [0.2, 0.25) is 0 Å². The summed E-state index contributed by atoms with van der Waals surface area (Å²) < 4.78 is 5.20. The van der Waals surface area contributed by atoms with Gasteiger partial charge in [-0.25, -0.2) is 4.79 Å². The van der Waals surface area contributed by atoms with Gasteiger partial charge in [-0.3, -0.25) is 9.78 Å². The lowest BCUT2D eigenvalue weighted by atomic mass is 10.1. The number of hydrogen-bond donors (Lipinski definition) is 1. The number of para-hydroxylation sites is 1. The molecule has 0 aliphatic carbocycles. The van der Waals surface area contributed by atoms with E-state index >= 15 is 0 Å². The largest absolute Gasteiger partial charge is 0.452 e. The Labute approximate surface area is 168 Å². The Morgan fingerprint density at radius 3 is 2.61 bits per heavy atom. The Balaban J connectivity index is 1.47. The number of aryl methyl sites for hydroxylation is 2. The Hall–Kier alpha value is -2.86. The van der Waals surface area contributed by atoms with Crippen molar-refractivity contribution in [2.75, 3.05) is 18.9 Å². The molecule has 3 rings (SSSR count). The maximum absolute atomic E-state index is 12.4. The maximum Gasteiger partial charge on any atom is 0.339 e.